The van der Waals surface area contributed by atoms with Crippen molar-refractivity contribution in [1.82, 2.24) is 9.97 Å². The molecule has 1 aromatic heterocycles. The Morgan fingerprint density at radius 2 is 2.21 bits per heavy atom. The number of nitrogens with zero attached hydrogens (tertiary/aromatic N) is 2. The first-order valence-corrected chi connectivity index (χ1v) is 5.76. The smallest absolute Gasteiger partial charge is 0.222 e. The van der Waals surface area contributed by atoms with Crippen molar-refractivity contribution in [3.8, 4) is 0 Å². The highest BCUT2D eigenvalue weighted by atomic mass is 35.5. The number of aromatic nitrogens is 2. The standard InChI is InChI=1S/C9H12ClN3S/c1-2-4-14-5-3-11-9-12-6-8(10)7-13-9/h2,6-7H,1,3-5H2,(H,11,12,13). The minimum absolute atomic E-state index is 0.552. The predicted molar refractivity (Wildman–Crippen MR) is 63.1 cm³/mol. The van der Waals surface area contributed by atoms with Crippen molar-refractivity contribution in [2.75, 3.05) is 23.4 Å². The van der Waals surface area contributed by atoms with Crippen molar-refractivity contribution in [2.45, 2.75) is 0 Å². The Morgan fingerprint density at radius 3 is 2.86 bits per heavy atom. The highest BCUT2D eigenvalue weighted by molar-refractivity contribution is 7.99. The first kappa shape index (κ1) is 11.3. The third kappa shape index (κ3) is 4.48. The van der Waals surface area contributed by atoms with Gasteiger partial charge in [-0.2, -0.15) is 11.8 Å². The number of hydrogen-bond donors (Lipinski definition) is 1. The maximum Gasteiger partial charge on any atom is 0.222 e. The molecule has 0 aliphatic heterocycles. The van der Waals surface area contributed by atoms with E-state index >= 15 is 0 Å². The van der Waals surface area contributed by atoms with E-state index in [1.807, 2.05) is 17.8 Å². The van der Waals surface area contributed by atoms with Crippen LogP contribution in [0.25, 0.3) is 0 Å². The Labute approximate surface area is 93.0 Å². The molecule has 5 heteroatoms. The van der Waals surface area contributed by atoms with Gasteiger partial charge in [-0.25, -0.2) is 9.97 Å². The summed E-state index contributed by atoms with van der Waals surface area (Å²) >= 11 is 7.46. The lowest BCUT2D eigenvalue weighted by atomic mass is 10.6. The summed E-state index contributed by atoms with van der Waals surface area (Å²) < 4.78 is 0. The van der Waals surface area contributed by atoms with Gasteiger partial charge in [0, 0.05) is 18.1 Å². The molecule has 0 spiro atoms. The molecule has 1 heterocycles. The monoisotopic (exact) mass is 229 g/mol. The lowest BCUT2D eigenvalue weighted by Crippen LogP contribution is -2.07. The molecule has 0 bridgehead atoms. The van der Waals surface area contributed by atoms with Gasteiger partial charge in [0.15, 0.2) is 0 Å². The van der Waals surface area contributed by atoms with E-state index in [2.05, 4.69) is 21.9 Å². The molecule has 0 aliphatic rings. The van der Waals surface area contributed by atoms with Crippen LogP contribution >= 0.6 is 23.4 Å². The molecule has 0 aromatic carbocycles. The fourth-order valence-corrected chi connectivity index (χ4v) is 1.48. The zero-order chi connectivity index (χ0) is 10.2. The summed E-state index contributed by atoms with van der Waals surface area (Å²) in [6.45, 7) is 4.49. The molecular weight excluding hydrogens is 218 g/mol. The number of anilines is 1. The molecule has 0 aliphatic carbocycles. The maximum atomic E-state index is 5.65. The molecule has 0 atom stereocenters. The zero-order valence-corrected chi connectivity index (χ0v) is 9.31. The summed E-state index contributed by atoms with van der Waals surface area (Å²) in [5.41, 5.74) is 0. The second-order valence-electron chi connectivity index (χ2n) is 2.52. The number of hydrogen-bond acceptors (Lipinski definition) is 4. The van der Waals surface area contributed by atoms with Gasteiger partial charge in [0.2, 0.25) is 5.95 Å². The Kier molecular flexibility index (Phi) is 5.40. The SMILES string of the molecule is C=CCSCCNc1ncc(Cl)cn1. The third-order valence-corrected chi connectivity index (χ3v) is 2.54. The van der Waals surface area contributed by atoms with Gasteiger partial charge < -0.3 is 5.32 Å². The predicted octanol–water partition coefficient (Wildman–Crippen LogP) is 2.46. The van der Waals surface area contributed by atoms with Gasteiger partial charge in [-0.15, -0.1) is 6.58 Å². The van der Waals surface area contributed by atoms with Gasteiger partial charge in [-0.3, -0.25) is 0 Å². The van der Waals surface area contributed by atoms with Crippen molar-refractivity contribution in [3.63, 3.8) is 0 Å². The molecule has 1 N–H and O–H groups in total. The highest BCUT2D eigenvalue weighted by Crippen LogP contribution is 2.05. The third-order valence-electron chi connectivity index (χ3n) is 1.39. The molecule has 0 radical (unpaired) electrons. The number of rotatable bonds is 6. The largest absolute Gasteiger partial charge is 0.353 e. The van der Waals surface area contributed by atoms with E-state index in [1.54, 1.807) is 12.4 Å². The van der Waals surface area contributed by atoms with E-state index in [1.165, 1.54) is 0 Å². The lowest BCUT2D eigenvalue weighted by Gasteiger charge is -2.02. The van der Waals surface area contributed by atoms with Crippen LogP contribution in [-0.4, -0.2) is 28.0 Å². The average Bonchev–Trinajstić information content (AvgIpc) is 2.21. The van der Waals surface area contributed by atoms with Gasteiger partial charge in [0.25, 0.3) is 0 Å². The van der Waals surface area contributed by atoms with E-state index in [0.717, 1.165) is 18.1 Å². The van der Waals surface area contributed by atoms with Crippen LogP contribution in [0, 0.1) is 0 Å². The Morgan fingerprint density at radius 1 is 1.50 bits per heavy atom. The van der Waals surface area contributed by atoms with Crippen LogP contribution in [0.5, 0.6) is 0 Å². The quantitative estimate of drug-likeness (QED) is 0.601. The van der Waals surface area contributed by atoms with Crippen LogP contribution in [0.4, 0.5) is 5.95 Å². The van der Waals surface area contributed by atoms with Crippen LogP contribution in [0.2, 0.25) is 5.02 Å². The van der Waals surface area contributed by atoms with Crippen LogP contribution < -0.4 is 5.32 Å². The Hall–Kier alpha value is -0.740. The van der Waals surface area contributed by atoms with E-state index in [4.69, 9.17) is 11.6 Å². The highest BCUT2D eigenvalue weighted by Gasteiger charge is 1.94. The number of halogens is 1. The van der Waals surface area contributed by atoms with Crippen LogP contribution in [0.3, 0.4) is 0 Å². The summed E-state index contributed by atoms with van der Waals surface area (Å²) in [5, 5.41) is 3.65. The minimum atomic E-state index is 0.552. The minimum Gasteiger partial charge on any atom is -0.353 e. The van der Waals surface area contributed by atoms with Gasteiger partial charge in [0.1, 0.15) is 0 Å². The summed E-state index contributed by atoms with van der Waals surface area (Å²) in [4.78, 5) is 8.02. The molecule has 0 unspecified atom stereocenters. The Balaban J connectivity index is 2.18. The van der Waals surface area contributed by atoms with Gasteiger partial charge in [0.05, 0.1) is 17.4 Å². The lowest BCUT2D eigenvalue weighted by molar-refractivity contribution is 1.09. The molecule has 0 saturated heterocycles. The van der Waals surface area contributed by atoms with Crippen molar-refractivity contribution in [2.24, 2.45) is 0 Å². The zero-order valence-electron chi connectivity index (χ0n) is 7.74. The van der Waals surface area contributed by atoms with Gasteiger partial charge in [-0.1, -0.05) is 17.7 Å². The fourth-order valence-electron chi connectivity index (χ4n) is 0.805. The first-order chi connectivity index (χ1) is 6.83. The van der Waals surface area contributed by atoms with E-state index < -0.39 is 0 Å². The molecule has 14 heavy (non-hydrogen) atoms. The molecule has 0 amide bonds. The summed E-state index contributed by atoms with van der Waals surface area (Å²) in [5.74, 6) is 2.61. The van der Waals surface area contributed by atoms with Crippen LogP contribution in [0.1, 0.15) is 0 Å². The van der Waals surface area contributed by atoms with Crippen LogP contribution in [0.15, 0.2) is 25.0 Å². The molecule has 76 valence electrons. The summed E-state index contributed by atoms with van der Waals surface area (Å²) in [6, 6.07) is 0. The fraction of sp³-hybridized carbons (Fsp3) is 0.333. The molecule has 3 nitrogen and oxygen atoms in total. The Bertz CT molecular complexity index is 276. The maximum absolute atomic E-state index is 5.65. The van der Waals surface area contributed by atoms with E-state index in [0.29, 0.717) is 11.0 Å². The van der Waals surface area contributed by atoms with Gasteiger partial charge in [-0.05, 0) is 0 Å². The second-order valence-corrected chi connectivity index (χ2v) is 4.10. The van der Waals surface area contributed by atoms with Crippen molar-refractivity contribution < 1.29 is 0 Å². The first-order valence-electron chi connectivity index (χ1n) is 4.23. The number of thioether (sulfide) groups is 1. The number of nitrogens with one attached hydrogen (secondary N) is 1. The van der Waals surface area contributed by atoms with Crippen molar-refractivity contribution in [1.29, 1.82) is 0 Å². The van der Waals surface area contributed by atoms with Crippen molar-refractivity contribution >= 4 is 29.3 Å². The van der Waals surface area contributed by atoms with Crippen molar-refractivity contribution in [3.05, 3.63) is 30.1 Å². The normalized spacial score (nSPS) is 9.79. The topological polar surface area (TPSA) is 37.8 Å². The van der Waals surface area contributed by atoms with E-state index in [-0.39, 0.29) is 0 Å². The molecular formula is C9H12ClN3S. The molecule has 0 saturated carbocycles. The average molecular weight is 230 g/mol. The second kappa shape index (κ2) is 6.68. The molecule has 0 fully saturated rings. The molecule has 1 aromatic rings. The summed E-state index contributed by atoms with van der Waals surface area (Å²) in [7, 11) is 0. The van der Waals surface area contributed by atoms with E-state index in [9.17, 15) is 0 Å². The van der Waals surface area contributed by atoms with Crippen LogP contribution in [-0.2, 0) is 0 Å². The van der Waals surface area contributed by atoms with Gasteiger partial charge >= 0.3 is 0 Å². The summed E-state index contributed by atoms with van der Waals surface area (Å²) in [6.07, 6.45) is 5.05. The molecule has 1 rings (SSSR count).